The molecule has 0 bridgehead atoms. The van der Waals surface area contributed by atoms with Gasteiger partial charge in [-0.2, -0.15) is 0 Å². The van der Waals surface area contributed by atoms with Crippen LogP contribution in [0.4, 0.5) is 5.95 Å². The zero-order valence-corrected chi connectivity index (χ0v) is 13.6. The molecule has 0 saturated carbocycles. The molecule has 1 saturated heterocycles. The van der Waals surface area contributed by atoms with Crippen LogP contribution in [-0.4, -0.2) is 29.0 Å². The van der Waals surface area contributed by atoms with Gasteiger partial charge in [-0.1, -0.05) is 23.7 Å². The Morgan fingerprint density at radius 1 is 1.17 bits per heavy atom. The Hall–Kier alpha value is -2.14. The first kappa shape index (κ1) is 15.7. The van der Waals surface area contributed by atoms with Gasteiger partial charge < -0.3 is 10.2 Å². The summed E-state index contributed by atoms with van der Waals surface area (Å²) in [6.07, 6.45) is 5.37. The fourth-order valence-corrected chi connectivity index (χ4v) is 2.86. The van der Waals surface area contributed by atoms with E-state index in [-0.39, 0.29) is 5.91 Å². The topological polar surface area (TPSA) is 58.1 Å². The minimum atomic E-state index is -0.200. The van der Waals surface area contributed by atoms with Crippen LogP contribution < -0.4 is 10.2 Å². The van der Waals surface area contributed by atoms with Gasteiger partial charge in [-0.25, -0.2) is 9.97 Å². The molecule has 1 aromatic carbocycles. The van der Waals surface area contributed by atoms with Crippen molar-refractivity contribution in [3.63, 3.8) is 0 Å². The molecule has 2 heterocycles. The molecule has 3 rings (SSSR count). The van der Waals surface area contributed by atoms with Crippen molar-refractivity contribution in [2.45, 2.75) is 25.8 Å². The smallest absolute Gasteiger partial charge is 0.253 e. The van der Waals surface area contributed by atoms with Crippen LogP contribution >= 0.6 is 11.6 Å². The zero-order chi connectivity index (χ0) is 16.1. The second kappa shape index (κ2) is 7.42. The molecule has 0 spiro atoms. The van der Waals surface area contributed by atoms with Gasteiger partial charge in [0.25, 0.3) is 5.91 Å². The van der Waals surface area contributed by atoms with Crippen LogP contribution in [0, 0.1) is 0 Å². The third-order valence-electron chi connectivity index (χ3n) is 3.89. The van der Waals surface area contributed by atoms with E-state index in [2.05, 4.69) is 20.2 Å². The number of rotatable bonds is 4. The lowest BCUT2D eigenvalue weighted by molar-refractivity contribution is 0.0950. The molecular formula is C17H19ClN4O. The molecule has 23 heavy (non-hydrogen) atoms. The van der Waals surface area contributed by atoms with Crippen LogP contribution in [0.1, 0.15) is 35.3 Å². The highest BCUT2D eigenvalue weighted by molar-refractivity contribution is 6.33. The number of nitrogens with one attached hydrogen (secondary N) is 1. The molecule has 6 heteroatoms. The molecule has 1 fully saturated rings. The van der Waals surface area contributed by atoms with Gasteiger partial charge in [-0.05, 0) is 37.5 Å². The zero-order valence-electron chi connectivity index (χ0n) is 12.8. The van der Waals surface area contributed by atoms with E-state index in [1.165, 1.54) is 19.3 Å². The molecule has 1 aliphatic rings. The van der Waals surface area contributed by atoms with E-state index < -0.39 is 0 Å². The maximum atomic E-state index is 12.2. The standard InChI is InChI=1S/C17H19ClN4O/c18-15-7-3-2-6-14(15)16(23)20-12-13-8-9-19-17(21-13)22-10-4-1-5-11-22/h2-3,6-9H,1,4-5,10-12H2,(H,20,23). The molecule has 0 aliphatic carbocycles. The van der Waals surface area contributed by atoms with E-state index in [1.807, 2.05) is 6.07 Å². The fraction of sp³-hybridized carbons (Fsp3) is 0.353. The van der Waals surface area contributed by atoms with Crippen LogP contribution in [0.5, 0.6) is 0 Å². The highest BCUT2D eigenvalue weighted by atomic mass is 35.5. The van der Waals surface area contributed by atoms with Gasteiger partial charge in [-0.3, -0.25) is 4.79 Å². The molecule has 2 aromatic rings. The third-order valence-corrected chi connectivity index (χ3v) is 4.22. The molecule has 1 aromatic heterocycles. The maximum Gasteiger partial charge on any atom is 0.253 e. The maximum absolute atomic E-state index is 12.2. The van der Waals surface area contributed by atoms with Crippen molar-refractivity contribution < 1.29 is 4.79 Å². The first-order chi connectivity index (χ1) is 11.2. The van der Waals surface area contributed by atoms with E-state index in [0.29, 0.717) is 17.1 Å². The Balaban J connectivity index is 1.64. The number of nitrogens with zero attached hydrogens (tertiary/aromatic N) is 3. The van der Waals surface area contributed by atoms with Crippen molar-refractivity contribution in [3.05, 3.63) is 52.8 Å². The molecule has 120 valence electrons. The van der Waals surface area contributed by atoms with Gasteiger partial charge in [0, 0.05) is 19.3 Å². The summed E-state index contributed by atoms with van der Waals surface area (Å²) in [6.45, 7) is 2.35. The van der Waals surface area contributed by atoms with Gasteiger partial charge in [-0.15, -0.1) is 0 Å². The summed E-state index contributed by atoms with van der Waals surface area (Å²) in [4.78, 5) is 23.3. The Kier molecular flexibility index (Phi) is 5.08. The number of amides is 1. The van der Waals surface area contributed by atoms with Crippen LogP contribution in [-0.2, 0) is 6.54 Å². The minimum absolute atomic E-state index is 0.200. The predicted octanol–water partition coefficient (Wildman–Crippen LogP) is 3.05. The lowest BCUT2D eigenvalue weighted by Gasteiger charge is -2.26. The number of carbonyl (C=O) groups excluding carboxylic acids is 1. The van der Waals surface area contributed by atoms with Crippen LogP contribution in [0.25, 0.3) is 0 Å². The summed E-state index contributed by atoms with van der Waals surface area (Å²) in [6, 6.07) is 8.82. The summed E-state index contributed by atoms with van der Waals surface area (Å²) in [5, 5.41) is 3.30. The lowest BCUT2D eigenvalue weighted by Crippen LogP contribution is -2.31. The van der Waals surface area contributed by atoms with Gasteiger partial charge >= 0.3 is 0 Å². The monoisotopic (exact) mass is 330 g/mol. The molecule has 1 aliphatic heterocycles. The van der Waals surface area contributed by atoms with E-state index in [0.717, 1.165) is 24.7 Å². The van der Waals surface area contributed by atoms with Crippen molar-refractivity contribution >= 4 is 23.5 Å². The summed E-state index contributed by atoms with van der Waals surface area (Å²) in [5.74, 6) is 0.544. The second-order valence-corrected chi connectivity index (χ2v) is 5.97. The largest absolute Gasteiger partial charge is 0.346 e. The summed E-state index contributed by atoms with van der Waals surface area (Å²) >= 11 is 6.03. The van der Waals surface area contributed by atoms with Crippen LogP contribution in [0.3, 0.4) is 0 Å². The molecule has 0 unspecified atom stereocenters. The second-order valence-electron chi connectivity index (χ2n) is 5.56. The van der Waals surface area contributed by atoms with Crippen molar-refractivity contribution in [1.29, 1.82) is 0 Å². The molecule has 0 radical (unpaired) electrons. The number of hydrogen-bond acceptors (Lipinski definition) is 4. The van der Waals surface area contributed by atoms with E-state index >= 15 is 0 Å². The highest BCUT2D eigenvalue weighted by Gasteiger charge is 2.14. The number of anilines is 1. The Labute approximate surface area is 140 Å². The van der Waals surface area contributed by atoms with Crippen molar-refractivity contribution in [2.24, 2.45) is 0 Å². The average Bonchev–Trinajstić information content (AvgIpc) is 2.61. The van der Waals surface area contributed by atoms with Gasteiger partial charge in [0.1, 0.15) is 0 Å². The predicted molar refractivity (Wildman–Crippen MR) is 90.7 cm³/mol. The number of aromatic nitrogens is 2. The first-order valence-electron chi connectivity index (χ1n) is 7.83. The molecule has 1 amide bonds. The number of halogens is 1. The summed E-state index contributed by atoms with van der Waals surface area (Å²) in [7, 11) is 0. The summed E-state index contributed by atoms with van der Waals surface area (Å²) < 4.78 is 0. The summed E-state index contributed by atoms with van der Waals surface area (Å²) in [5.41, 5.74) is 1.26. The van der Waals surface area contributed by atoms with Crippen LogP contribution in [0.2, 0.25) is 5.02 Å². The molecular weight excluding hydrogens is 312 g/mol. The quantitative estimate of drug-likeness (QED) is 0.936. The molecule has 0 atom stereocenters. The van der Waals surface area contributed by atoms with Crippen molar-refractivity contribution in [2.75, 3.05) is 18.0 Å². The third kappa shape index (κ3) is 3.99. The van der Waals surface area contributed by atoms with Crippen molar-refractivity contribution in [3.8, 4) is 0 Å². The average molecular weight is 331 g/mol. The number of piperidine rings is 1. The lowest BCUT2D eigenvalue weighted by atomic mass is 10.1. The number of benzene rings is 1. The minimum Gasteiger partial charge on any atom is -0.346 e. The van der Waals surface area contributed by atoms with E-state index in [9.17, 15) is 4.79 Å². The Morgan fingerprint density at radius 3 is 2.74 bits per heavy atom. The number of hydrogen-bond donors (Lipinski definition) is 1. The van der Waals surface area contributed by atoms with Gasteiger partial charge in [0.15, 0.2) is 0 Å². The van der Waals surface area contributed by atoms with Gasteiger partial charge in [0.05, 0.1) is 22.8 Å². The van der Waals surface area contributed by atoms with E-state index in [4.69, 9.17) is 11.6 Å². The first-order valence-corrected chi connectivity index (χ1v) is 8.21. The van der Waals surface area contributed by atoms with Gasteiger partial charge in [0.2, 0.25) is 5.95 Å². The van der Waals surface area contributed by atoms with E-state index in [1.54, 1.807) is 30.5 Å². The van der Waals surface area contributed by atoms with Crippen molar-refractivity contribution in [1.82, 2.24) is 15.3 Å². The fourth-order valence-electron chi connectivity index (χ4n) is 2.64. The normalized spacial score (nSPS) is 14.6. The molecule has 1 N–H and O–H groups in total. The highest BCUT2D eigenvalue weighted by Crippen LogP contribution is 2.16. The molecule has 5 nitrogen and oxygen atoms in total. The number of carbonyl (C=O) groups is 1. The van der Waals surface area contributed by atoms with Crippen LogP contribution in [0.15, 0.2) is 36.5 Å². The SMILES string of the molecule is O=C(NCc1ccnc(N2CCCCC2)n1)c1ccccc1Cl. The Bertz CT molecular complexity index is 686. The Morgan fingerprint density at radius 2 is 1.96 bits per heavy atom.